The Morgan fingerprint density at radius 2 is 2.29 bits per heavy atom. The van der Waals surface area contributed by atoms with Crippen LogP contribution in [0.25, 0.3) is 0 Å². The molecule has 0 amide bonds. The maximum atomic E-state index is 9.92. The lowest BCUT2D eigenvalue weighted by atomic mass is 9.97. The highest BCUT2D eigenvalue weighted by Crippen LogP contribution is 2.17. The van der Waals surface area contributed by atoms with Crippen LogP contribution >= 0.6 is 11.3 Å². The predicted molar refractivity (Wildman–Crippen MR) is 72.4 cm³/mol. The molecule has 1 saturated heterocycles. The molecule has 1 aromatic heterocycles. The first-order valence-corrected chi connectivity index (χ1v) is 7.29. The number of hydrogen-bond acceptors (Lipinski definition) is 4. The standard InChI is InChI=1S/C13H22N2OS/c1-15-5-2-11(3-6-15)8-14-9-13(16)12-4-7-17-10-12/h4,7,10-11,13-14,16H,2-3,5-6,8-9H2,1H3. The van der Waals surface area contributed by atoms with Gasteiger partial charge in [-0.1, -0.05) is 0 Å². The van der Waals surface area contributed by atoms with Crippen LogP contribution in [-0.2, 0) is 0 Å². The normalized spacial score (nSPS) is 20.6. The van der Waals surface area contributed by atoms with Gasteiger partial charge in [-0.3, -0.25) is 0 Å². The molecule has 1 aliphatic heterocycles. The number of aliphatic hydroxyl groups is 1. The summed E-state index contributed by atoms with van der Waals surface area (Å²) < 4.78 is 0. The molecule has 1 aromatic rings. The Morgan fingerprint density at radius 3 is 2.94 bits per heavy atom. The second-order valence-electron chi connectivity index (χ2n) is 4.98. The van der Waals surface area contributed by atoms with Crippen molar-refractivity contribution in [2.75, 3.05) is 33.2 Å². The molecule has 0 aliphatic carbocycles. The third-order valence-electron chi connectivity index (χ3n) is 3.54. The van der Waals surface area contributed by atoms with Crippen molar-refractivity contribution in [2.45, 2.75) is 18.9 Å². The van der Waals surface area contributed by atoms with Crippen molar-refractivity contribution in [1.82, 2.24) is 10.2 Å². The topological polar surface area (TPSA) is 35.5 Å². The fraction of sp³-hybridized carbons (Fsp3) is 0.692. The molecular formula is C13H22N2OS. The molecule has 17 heavy (non-hydrogen) atoms. The Labute approximate surface area is 107 Å². The van der Waals surface area contributed by atoms with E-state index in [9.17, 15) is 5.11 Å². The average molecular weight is 254 g/mol. The number of hydrogen-bond donors (Lipinski definition) is 2. The minimum atomic E-state index is -0.354. The monoisotopic (exact) mass is 254 g/mol. The molecule has 0 saturated carbocycles. The molecule has 2 N–H and O–H groups in total. The van der Waals surface area contributed by atoms with E-state index in [1.807, 2.05) is 16.8 Å². The van der Waals surface area contributed by atoms with Crippen molar-refractivity contribution in [1.29, 1.82) is 0 Å². The summed E-state index contributed by atoms with van der Waals surface area (Å²) in [6, 6.07) is 1.99. The van der Waals surface area contributed by atoms with Crippen LogP contribution in [0.1, 0.15) is 24.5 Å². The number of thiophene rings is 1. The molecule has 0 radical (unpaired) electrons. The van der Waals surface area contributed by atoms with Crippen molar-refractivity contribution >= 4 is 11.3 Å². The van der Waals surface area contributed by atoms with E-state index in [-0.39, 0.29) is 6.10 Å². The second kappa shape index (κ2) is 6.50. The average Bonchev–Trinajstić information content (AvgIpc) is 2.85. The minimum absolute atomic E-state index is 0.354. The highest BCUT2D eigenvalue weighted by atomic mass is 32.1. The van der Waals surface area contributed by atoms with Gasteiger partial charge in [-0.25, -0.2) is 0 Å². The minimum Gasteiger partial charge on any atom is -0.387 e. The molecule has 0 spiro atoms. The van der Waals surface area contributed by atoms with Crippen LogP contribution < -0.4 is 5.32 Å². The lowest BCUT2D eigenvalue weighted by Gasteiger charge is -2.29. The SMILES string of the molecule is CN1CCC(CNCC(O)c2ccsc2)CC1. The second-order valence-corrected chi connectivity index (χ2v) is 5.76. The zero-order chi connectivity index (χ0) is 12.1. The van der Waals surface area contributed by atoms with Gasteiger partial charge in [-0.15, -0.1) is 0 Å². The number of aliphatic hydroxyl groups excluding tert-OH is 1. The van der Waals surface area contributed by atoms with Crippen LogP contribution in [-0.4, -0.2) is 43.2 Å². The van der Waals surface area contributed by atoms with Gasteiger partial charge in [0.25, 0.3) is 0 Å². The third kappa shape index (κ3) is 4.07. The molecule has 0 bridgehead atoms. The van der Waals surface area contributed by atoms with Crippen LogP contribution in [0.5, 0.6) is 0 Å². The van der Waals surface area contributed by atoms with Gasteiger partial charge in [-0.05, 0) is 67.8 Å². The summed E-state index contributed by atoms with van der Waals surface area (Å²) >= 11 is 1.64. The number of nitrogens with one attached hydrogen (secondary N) is 1. The Hall–Kier alpha value is -0.420. The molecule has 96 valence electrons. The molecule has 1 atom stereocenters. The van der Waals surface area contributed by atoms with Crippen molar-refractivity contribution in [3.63, 3.8) is 0 Å². The van der Waals surface area contributed by atoms with Gasteiger partial charge < -0.3 is 15.3 Å². The Balaban J connectivity index is 1.63. The highest BCUT2D eigenvalue weighted by Gasteiger charge is 2.16. The first-order valence-electron chi connectivity index (χ1n) is 6.35. The van der Waals surface area contributed by atoms with E-state index in [1.54, 1.807) is 11.3 Å². The number of likely N-dealkylation sites (tertiary alicyclic amines) is 1. The van der Waals surface area contributed by atoms with Crippen molar-refractivity contribution in [2.24, 2.45) is 5.92 Å². The predicted octanol–water partition coefficient (Wildman–Crippen LogP) is 1.71. The van der Waals surface area contributed by atoms with Crippen LogP contribution in [0.15, 0.2) is 16.8 Å². The fourth-order valence-electron chi connectivity index (χ4n) is 2.27. The lowest BCUT2D eigenvalue weighted by molar-refractivity contribution is 0.166. The van der Waals surface area contributed by atoms with E-state index in [0.717, 1.165) is 18.0 Å². The van der Waals surface area contributed by atoms with Gasteiger partial charge in [0.15, 0.2) is 0 Å². The highest BCUT2D eigenvalue weighted by molar-refractivity contribution is 7.07. The van der Waals surface area contributed by atoms with E-state index < -0.39 is 0 Å². The van der Waals surface area contributed by atoms with Crippen molar-refractivity contribution in [3.8, 4) is 0 Å². The van der Waals surface area contributed by atoms with Gasteiger partial charge in [-0.2, -0.15) is 11.3 Å². The number of piperidine rings is 1. The van der Waals surface area contributed by atoms with Crippen molar-refractivity contribution < 1.29 is 5.11 Å². The molecular weight excluding hydrogens is 232 g/mol. The molecule has 1 aliphatic rings. The summed E-state index contributed by atoms with van der Waals surface area (Å²) in [7, 11) is 2.18. The summed E-state index contributed by atoms with van der Waals surface area (Å²) in [5, 5.41) is 17.3. The van der Waals surface area contributed by atoms with Gasteiger partial charge in [0.1, 0.15) is 0 Å². The molecule has 1 fully saturated rings. The summed E-state index contributed by atoms with van der Waals surface area (Å²) in [5.74, 6) is 0.779. The summed E-state index contributed by atoms with van der Waals surface area (Å²) in [5.41, 5.74) is 1.03. The summed E-state index contributed by atoms with van der Waals surface area (Å²) in [6.45, 7) is 4.12. The molecule has 2 heterocycles. The fourth-order valence-corrected chi connectivity index (χ4v) is 2.98. The third-order valence-corrected chi connectivity index (χ3v) is 4.24. The van der Waals surface area contributed by atoms with Crippen LogP contribution in [0.2, 0.25) is 0 Å². The molecule has 4 heteroatoms. The molecule has 1 unspecified atom stereocenters. The van der Waals surface area contributed by atoms with Gasteiger partial charge in [0, 0.05) is 6.54 Å². The van der Waals surface area contributed by atoms with Crippen LogP contribution in [0.4, 0.5) is 0 Å². The Morgan fingerprint density at radius 1 is 1.53 bits per heavy atom. The van der Waals surface area contributed by atoms with Gasteiger partial charge >= 0.3 is 0 Å². The van der Waals surface area contributed by atoms with E-state index in [0.29, 0.717) is 6.54 Å². The maximum absolute atomic E-state index is 9.92. The van der Waals surface area contributed by atoms with E-state index in [4.69, 9.17) is 0 Å². The number of rotatable bonds is 5. The summed E-state index contributed by atoms with van der Waals surface area (Å²) in [6.07, 6.45) is 2.20. The smallest absolute Gasteiger partial charge is 0.0922 e. The molecule has 2 rings (SSSR count). The van der Waals surface area contributed by atoms with Crippen LogP contribution in [0, 0.1) is 5.92 Å². The maximum Gasteiger partial charge on any atom is 0.0922 e. The van der Waals surface area contributed by atoms with E-state index in [1.165, 1.54) is 25.9 Å². The van der Waals surface area contributed by atoms with Gasteiger partial charge in [0.05, 0.1) is 6.10 Å². The lowest BCUT2D eigenvalue weighted by Crippen LogP contribution is -2.36. The number of nitrogens with zero attached hydrogens (tertiary/aromatic N) is 1. The first-order chi connectivity index (χ1) is 8.25. The van der Waals surface area contributed by atoms with E-state index >= 15 is 0 Å². The zero-order valence-corrected chi connectivity index (χ0v) is 11.2. The van der Waals surface area contributed by atoms with Crippen molar-refractivity contribution in [3.05, 3.63) is 22.4 Å². The Kier molecular flexibility index (Phi) is 4.98. The van der Waals surface area contributed by atoms with Crippen LogP contribution in [0.3, 0.4) is 0 Å². The quantitative estimate of drug-likeness (QED) is 0.840. The van der Waals surface area contributed by atoms with Gasteiger partial charge in [0.2, 0.25) is 0 Å². The molecule has 3 nitrogen and oxygen atoms in total. The molecule has 0 aromatic carbocycles. The Bertz CT molecular complexity index is 307. The largest absolute Gasteiger partial charge is 0.387 e. The zero-order valence-electron chi connectivity index (χ0n) is 10.4. The first kappa shape index (κ1) is 13.0. The summed E-state index contributed by atoms with van der Waals surface area (Å²) in [4.78, 5) is 2.39. The van der Waals surface area contributed by atoms with E-state index in [2.05, 4.69) is 17.3 Å².